The molecule has 2 atom stereocenters. The average molecular weight is 284 g/mol. The Balaban J connectivity index is 2.57. The van der Waals surface area contributed by atoms with Crippen molar-refractivity contribution < 1.29 is 4.21 Å². The smallest absolute Gasteiger partial charge is 0.204 e. The molecule has 2 unspecified atom stereocenters. The summed E-state index contributed by atoms with van der Waals surface area (Å²) >= 11 is 11.7. The highest BCUT2D eigenvalue weighted by molar-refractivity contribution is 7.84. The van der Waals surface area contributed by atoms with Gasteiger partial charge in [0, 0.05) is 42.4 Å². The van der Waals surface area contributed by atoms with Crippen LogP contribution in [0.25, 0.3) is 0 Å². The van der Waals surface area contributed by atoms with Gasteiger partial charge in [-0.1, -0.05) is 11.6 Å². The summed E-state index contributed by atoms with van der Waals surface area (Å²) in [4.78, 5) is 3.94. The lowest BCUT2D eigenvalue weighted by molar-refractivity contribution is 0.571. The van der Waals surface area contributed by atoms with Crippen LogP contribution in [0, 0.1) is 0 Å². The first kappa shape index (κ1) is 14.0. The van der Waals surface area contributed by atoms with Gasteiger partial charge in [-0.2, -0.15) is 0 Å². The Hall–Kier alpha value is -0.100. The van der Waals surface area contributed by atoms with E-state index in [1.165, 1.54) is 0 Å². The van der Waals surface area contributed by atoms with E-state index in [4.69, 9.17) is 23.2 Å². The summed E-state index contributed by atoms with van der Waals surface area (Å²) in [5.74, 6) is 0.614. The summed E-state index contributed by atoms with van der Waals surface area (Å²) in [5.41, 5.74) is 0.834. The molecule has 4 nitrogen and oxygen atoms in total. The second-order valence-electron chi connectivity index (χ2n) is 3.70. The van der Waals surface area contributed by atoms with E-state index in [0.717, 1.165) is 5.69 Å². The molecular formula is C9H15Cl2N3OS. The number of nitrogens with one attached hydrogen (secondary N) is 1. The Morgan fingerprint density at radius 2 is 2.19 bits per heavy atom. The fraction of sp³-hybridized carbons (Fsp3) is 0.667. The zero-order valence-corrected chi connectivity index (χ0v) is 11.8. The van der Waals surface area contributed by atoms with Crippen LogP contribution in [0.3, 0.4) is 0 Å². The van der Waals surface area contributed by atoms with Crippen LogP contribution in [-0.4, -0.2) is 31.8 Å². The molecular weight excluding hydrogens is 269 g/mol. The monoisotopic (exact) mass is 283 g/mol. The molecule has 92 valence electrons. The minimum Gasteiger partial charge on any atom is -0.319 e. The van der Waals surface area contributed by atoms with Crippen molar-refractivity contribution in [1.82, 2.24) is 14.9 Å². The Morgan fingerprint density at radius 3 is 2.62 bits per heavy atom. The van der Waals surface area contributed by atoms with Gasteiger partial charge in [0.2, 0.25) is 5.28 Å². The predicted molar refractivity (Wildman–Crippen MR) is 68.5 cm³/mol. The lowest BCUT2D eigenvalue weighted by atomic mass is 10.3. The minimum atomic E-state index is -0.803. The summed E-state index contributed by atoms with van der Waals surface area (Å²) < 4.78 is 12.7. The lowest BCUT2D eigenvalue weighted by Gasteiger charge is -2.12. The first-order valence-corrected chi connectivity index (χ1v) is 7.30. The zero-order chi connectivity index (χ0) is 12.3. The molecule has 7 heteroatoms. The van der Waals surface area contributed by atoms with Gasteiger partial charge in [-0.25, -0.2) is 4.98 Å². The summed E-state index contributed by atoms with van der Waals surface area (Å²) in [6.07, 6.45) is 1.69. The van der Waals surface area contributed by atoms with E-state index in [-0.39, 0.29) is 6.04 Å². The van der Waals surface area contributed by atoms with Gasteiger partial charge in [-0.05, 0) is 18.5 Å². The van der Waals surface area contributed by atoms with Crippen LogP contribution < -0.4 is 5.32 Å². The fourth-order valence-electron chi connectivity index (χ4n) is 1.34. The number of rotatable bonds is 5. The molecule has 0 fully saturated rings. The van der Waals surface area contributed by atoms with Gasteiger partial charge in [0.15, 0.2) is 5.15 Å². The molecule has 1 N–H and O–H groups in total. The first-order chi connectivity index (χ1) is 7.41. The normalized spacial score (nSPS) is 15.1. The molecule has 1 rings (SSSR count). The van der Waals surface area contributed by atoms with Crippen molar-refractivity contribution in [3.8, 4) is 0 Å². The number of halogens is 2. The van der Waals surface area contributed by atoms with E-state index >= 15 is 0 Å². The molecule has 0 aliphatic heterocycles. The highest BCUT2D eigenvalue weighted by Gasteiger charge is 2.12. The minimum absolute atomic E-state index is 0.163. The Bertz CT molecular complexity index is 394. The molecule has 0 aliphatic carbocycles. The van der Waals surface area contributed by atoms with Crippen molar-refractivity contribution >= 4 is 34.0 Å². The quantitative estimate of drug-likeness (QED) is 0.893. The molecule has 0 saturated carbocycles. The topological polar surface area (TPSA) is 46.9 Å². The fourth-order valence-corrected chi connectivity index (χ4v) is 2.67. The maximum absolute atomic E-state index is 11.0. The van der Waals surface area contributed by atoms with Crippen molar-refractivity contribution in [2.24, 2.45) is 7.05 Å². The molecule has 0 spiro atoms. The van der Waals surface area contributed by atoms with Gasteiger partial charge in [0.05, 0.1) is 5.69 Å². The van der Waals surface area contributed by atoms with Crippen LogP contribution in [0.1, 0.15) is 12.6 Å². The van der Waals surface area contributed by atoms with Crippen LogP contribution in [0.4, 0.5) is 0 Å². The molecule has 1 aromatic heterocycles. The van der Waals surface area contributed by atoms with Crippen molar-refractivity contribution in [3.05, 3.63) is 16.1 Å². The third kappa shape index (κ3) is 3.73. The van der Waals surface area contributed by atoms with Crippen molar-refractivity contribution in [1.29, 1.82) is 0 Å². The van der Waals surface area contributed by atoms with E-state index < -0.39 is 10.8 Å². The number of imidazole rings is 1. The van der Waals surface area contributed by atoms with Crippen molar-refractivity contribution in [3.63, 3.8) is 0 Å². The second kappa shape index (κ2) is 6.00. The number of nitrogens with zero attached hydrogens (tertiary/aromatic N) is 2. The summed E-state index contributed by atoms with van der Waals surface area (Å²) in [7, 11) is 1.00. The largest absolute Gasteiger partial charge is 0.319 e. The van der Waals surface area contributed by atoms with Gasteiger partial charge in [0.25, 0.3) is 0 Å². The van der Waals surface area contributed by atoms with Gasteiger partial charge < -0.3 is 9.88 Å². The Kier molecular flexibility index (Phi) is 5.24. The molecule has 1 aromatic rings. The third-order valence-electron chi connectivity index (χ3n) is 2.21. The molecule has 0 aromatic carbocycles. The molecule has 0 radical (unpaired) electrons. The molecule has 16 heavy (non-hydrogen) atoms. The summed E-state index contributed by atoms with van der Waals surface area (Å²) in [6.45, 7) is 2.54. The molecule has 0 amide bonds. The van der Waals surface area contributed by atoms with Crippen LogP contribution in [-0.2, 0) is 24.4 Å². The summed E-state index contributed by atoms with van der Waals surface area (Å²) in [5, 5.41) is 4.00. The highest BCUT2D eigenvalue weighted by atomic mass is 35.5. The van der Waals surface area contributed by atoms with Gasteiger partial charge in [-0.3, -0.25) is 4.21 Å². The molecule has 0 aliphatic rings. The van der Waals surface area contributed by atoms with Gasteiger partial charge in [-0.15, -0.1) is 0 Å². The zero-order valence-electron chi connectivity index (χ0n) is 9.46. The van der Waals surface area contributed by atoms with E-state index in [1.54, 1.807) is 17.9 Å². The van der Waals surface area contributed by atoms with Crippen molar-refractivity contribution in [2.45, 2.75) is 19.5 Å². The van der Waals surface area contributed by atoms with Crippen LogP contribution in [0.2, 0.25) is 10.4 Å². The third-order valence-corrected chi connectivity index (χ3v) is 3.82. The number of hydrogen-bond donors (Lipinski definition) is 1. The maximum Gasteiger partial charge on any atom is 0.204 e. The first-order valence-electron chi connectivity index (χ1n) is 4.81. The Morgan fingerprint density at radius 1 is 1.56 bits per heavy atom. The summed E-state index contributed by atoms with van der Waals surface area (Å²) in [6, 6.07) is 0.163. The highest BCUT2D eigenvalue weighted by Crippen LogP contribution is 2.19. The number of hydrogen-bond acceptors (Lipinski definition) is 3. The van der Waals surface area contributed by atoms with E-state index in [9.17, 15) is 4.21 Å². The predicted octanol–water partition coefficient (Wildman–Crippen LogP) is 1.58. The van der Waals surface area contributed by atoms with E-state index in [0.29, 0.717) is 22.7 Å². The van der Waals surface area contributed by atoms with E-state index in [1.807, 2.05) is 6.92 Å². The van der Waals surface area contributed by atoms with Crippen LogP contribution in [0.15, 0.2) is 0 Å². The SMILES string of the molecule is CC(CS(C)=O)NCc1c(Cl)nc(Cl)n1C. The number of aromatic nitrogens is 2. The van der Waals surface area contributed by atoms with Gasteiger partial charge >= 0.3 is 0 Å². The molecule has 0 saturated heterocycles. The average Bonchev–Trinajstić information content (AvgIpc) is 2.38. The second-order valence-corrected chi connectivity index (χ2v) is 5.87. The lowest BCUT2D eigenvalue weighted by Crippen LogP contribution is -2.31. The van der Waals surface area contributed by atoms with E-state index in [2.05, 4.69) is 10.3 Å². The van der Waals surface area contributed by atoms with Crippen molar-refractivity contribution in [2.75, 3.05) is 12.0 Å². The molecule has 0 bridgehead atoms. The standard InChI is InChI=1S/C9H15Cl2N3OS/c1-6(5-16(3)15)12-4-7-8(10)13-9(11)14(7)2/h6,12H,4-5H2,1-3H3. The maximum atomic E-state index is 11.0. The Labute approximate surface area is 108 Å². The van der Waals surface area contributed by atoms with Gasteiger partial charge in [0.1, 0.15) is 0 Å². The van der Waals surface area contributed by atoms with Crippen LogP contribution >= 0.6 is 23.2 Å². The molecule has 1 heterocycles. The van der Waals surface area contributed by atoms with Crippen LogP contribution in [0.5, 0.6) is 0 Å².